The van der Waals surface area contributed by atoms with Crippen LogP contribution in [0, 0.1) is 6.92 Å². The van der Waals surface area contributed by atoms with Crippen LogP contribution in [-0.2, 0) is 6.61 Å². The van der Waals surface area contributed by atoms with Gasteiger partial charge >= 0.3 is 0 Å². The monoisotopic (exact) mass is 364 g/mol. The summed E-state index contributed by atoms with van der Waals surface area (Å²) in [4.78, 5) is 27.3. The van der Waals surface area contributed by atoms with Crippen LogP contribution in [0.4, 0.5) is 5.69 Å². The lowest BCUT2D eigenvalue weighted by Crippen LogP contribution is -2.30. The van der Waals surface area contributed by atoms with Gasteiger partial charge in [0.1, 0.15) is 12.9 Å². The average Bonchev–Trinajstić information content (AvgIpc) is 2.69. The van der Waals surface area contributed by atoms with Crippen LogP contribution in [-0.4, -0.2) is 20.7 Å². The van der Waals surface area contributed by atoms with Crippen LogP contribution in [0.5, 0.6) is 0 Å². The molecule has 1 saturated carbocycles. The molecule has 3 aromatic rings. The van der Waals surface area contributed by atoms with Gasteiger partial charge in [-0.05, 0) is 25.3 Å². The Hall–Kier alpha value is -2.89. The number of hydrogen-bond donors (Lipinski definition) is 1. The lowest BCUT2D eigenvalue weighted by molar-refractivity contribution is 0.0979. The summed E-state index contributed by atoms with van der Waals surface area (Å²) >= 11 is 0. The third-order valence-electron chi connectivity index (χ3n) is 5.11. The van der Waals surface area contributed by atoms with Gasteiger partial charge < -0.3 is 10.2 Å². The Morgan fingerprint density at radius 2 is 1.93 bits per heavy atom. The molecule has 2 aromatic heterocycles. The fourth-order valence-electron chi connectivity index (χ4n) is 3.71. The first-order valence-electron chi connectivity index (χ1n) is 9.53. The molecule has 1 fully saturated rings. The number of hydrogen-bond acceptors (Lipinski definition) is 5. The van der Waals surface area contributed by atoms with E-state index in [1.54, 1.807) is 6.07 Å². The lowest BCUT2D eigenvalue weighted by Gasteiger charge is -2.25. The highest BCUT2D eigenvalue weighted by Gasteiger charge is 2.18. The number of aromatic nitrogens is 3. The van der Waals surface area contributed by atoms with Crippen molar-refractivity contribution in [1.82, 2.24) is 14.7 Å². The van der Waals surface area contributed by atoms with Crippen LogP contribution in [0.1, 0.15) is 43.4 Å². The summed E-state index contributed by atoms with van der Waals surface area (Å²) in [5.74, 6) is 0. The van der Waals surface area contributed by atoms with Crippen molar-refractivity contribution in [2.45, 2.75) is 51.7 Å². The molecule has 1 aromatic carbocycles. The molecule has 0 atom stereocenters. The maximum atomic E-state index is 12.8. The van der Waals surface area contributed by atoms with Gasteiger partial charge in [-0.3, -0.25) is 4.79 Å². The highest BCUT2D eigenvalue weighted by atomic mass is 16.7. The van der Waals surface area contributed by atoms with E-state index in [0.717, 1.165) is 35.2 Å². The van der Waals surface area contributed by atoms with E-state index in [-0.39, 0.29) is 5.56 Å². The van der Waals surface area contributed by atoms with E-state index >= 15 is 0 Å². The van der Waals surface area contributed by atoms with Crippen molar-refractivity contribution in [3.05, 3.63) is 64.3 Å². The minimum Gasteiger partial charge on any atom is -0.404 e. The maximum absolute atomic E-state index is 12.8. The minimum absolute atomic E-state index is 0.227. The summed E-state index contributed by atoms with van der Waals surface area (Å²) in [5.41, 5.74) is 2.90. The van der Waals surface area contributed by atoms with Gasteiger partial charge in [-0.1, -0.05) is 49.6 Å². The standard InChI is InChI=1S/C21H24N4O2/c1-15-20-18(24-17-10-6-3-7-11-17)12-19(26)25(21(20)23-14-22-15)27-13-16-8-4-2-5-9-16/h2,4-5,8-9,12,14,17,24H,3,6-7,10-11,13H2,1H3. The number of rotatable bonds is 5. The summed E-state index contributed by atoms with van der Waals surface area (Å²) in [6.45, 7) is 2.23. The van der Waals surface area contributed by atoms with Crippen molar-refractivity contribution in [3.8, 4) is 0 Å². The molecule has 0 unspecified atom stereocenters. The van der Waals surface area contributed by atoms with E-state index in [1.165, 1.54) is 30.3 Å². The second-order valence-electron chi connectivity index (χ2n) is 7.09. The summed E-state index contributed by atoms with van der Waals surface area (Å²) < 4.78 is 1.28. The van der Waals surface area contributed by atoms with Gasteiger partial charge in [0.25, 0.3) is 5.56 Å². The van der Waals surface area contributed by atoms with E-state index in [4.69, 9.17) is 4.84 Å². The fourth-order valence-corrected chi connectivity index (χ4v) is 3.71. The molecule has 1 aliphatic carbocycles. The van der Waals surface area contributed by atoms with E-state index in [1.807, 2.05) is 37.3 Å². The normalized spacial score (nSPS) is 15.0. The fraction of sp³-hybridized carbons (Fsp3) is 0.381. The van der Waals surface area contributed by atoms with Crippen molar-refractivity contribution in [3.63, 3.8) is 0 Å². The van der Waals surface area contributed by atoms with Crippen LogP contribution in [0.3, 0.4) is 0 Å². The number of fused-ring (bicyclic) bond motifs is 1. The van der Waals surface area contributed by atoms with Crippen molar-refractivity contribution >= 4 is 16.7 Å². The largest absolute Gasteiger partial charge is 0.404 e. The Labute approximate surface area is 158 Å². The second-order valence-corrected chi connectivity index (χ2v) is 7.09. The SMILES string of the molecule is Cc1ncnc2c1c(NC1CCCCC1)cc(=O)n2OCc1ccccc1. The van der Waals surface area contributed by atoms with E-state index in [2.05, 4.69) is 15.3 Å². The Balaban J connectivity index is 1.70. The molecule has 0 saturated heterocycles. The van der Waals surface area contributed by atoms with Crippen molar-refractivity contribution in [2.75, 3.05) is 5.32 Å². The highest BCUT2D eigenvalue weighted by molar-refractivity contribution is 5.90. The molecule has 6 heteroatoms. The molecular weight excluding hydrogens is 340 g/mol. The smallest absolute Gasteiger partial charge is 0.287 e. The lowest BCUT2D eigenvalue weighted by atomic mass is 9.95. The molecule has 2 heterocycles. The van der Waals surface area contributed by atoms with Crippen LogP contribution in [0.15, 0.2) is 47.5 Å². The number of nitrogens with zero attached hydrogens (tertiary/aromatic N) is 3. The number of anilines is 1. The highest BCUT2D eigenvalue weighted by Crippen LogP contribution is 2.26. The zero-order chi connectivity index (χ0) is 18.6. The molecule has 0 spiro atoms. The molecule has 0 aliphatic heterocycles. The topological polar surface area (TPSA) is 69.0 Å². The number of nitrogens with one attached hydrogen (secondary N) is 1. The van der Waals surface area contributed by atoms with E-state index in [0.29, 0.717) is 18.3 Å². The summed E-state index contributed by atoms with van der Waals surface area (Å²) in [6.07, 6.45) is 7.47. The molecule has 1 N–H and O–H groups in total. The van der Waals surface area contributed by atoms with Gasteiger partial charge in [0, 0.05) is 12.1 Å². The molecular formula is C21H24N4O2. The quantitative estimate of drug-likeness (QED) is 0.751. The molecule has 140 valence electrons. The molecule has 4 rings (SSSR count). The Morgan fingerprint density at radius 3 is 2.70 bits per heavy atom. The number of benzene rings is 1. The summed E-state index contributed by atoms with van der Waals surface area (Å²) in [6, 6.07) is 11.8. The van der Waals surface area contributed by atoms with Crippen molar-refractivity contribution < 1.29 is 4.84 Å². The van der Waals surface area contributed by atoms with Crippen LogP contribution in [0.25, 0.3) is 11.0 Å². The molecule has 0 radical (unpaired) electrons. The third kappa shape index (κ3) is 3.79. The van der Waals surface area contributed by atoms with Gasteiger partial charge in [-0.25, -0.2) is 9.97 Å². The third-order valence-corrected chi connectivity index (χ3v) is 5.11. The molecule has 1 aliphatic rings. The van der Waals surface area contributed by atoms with Gasteiger partial charge in [0.15, 0.2) is 5.65 Å². The van der Waals surface area contributed by atoms with Gasteiger partial charge in [0.2, 0.25) is 0 Å². The first kappa shape index (κ1) is 17.5. The zero-order valence-electron chi connectivity index (χ0n) is 15.5. The Kier molecular flexibility index (Phi) is 5.05. The van der Waals surface area contributed by atoms with Gasteiger partial charge in [0.05, 0.1) is 16.8 Å². The molecule has 0 bridgehead atoms. The van der Waals surface area contributed by atoms with Crippen molar-refractivity contribution in [1.29, 1.82) is 0 Å². The Morgan fingerprint density at radius 1 is 1.15 bits per heavy atom. The van der Waals surface area contributed by atoms with Crippen LogP contribution >= 0.6 is 0 Å². The van der Waals surface area contributed by atoms with Crippen LogP contribution in [0.2, 0.25) is 0 Å². The van der Waals surface area contributed by atoms with Gasteiger partial charge in [-0.2, -0.15) is 0 Å². The minimum atomic E-state index is -0.227. The molecule has 27 heavy (non-hydrogen) atoms. The van der Waals surface area contributed by atoms with Crippen molar-refractivity contribution in [2.24, 2.45) is 0 Å². The summed E-state index contributed by atoms with van der Waals surface area (Å²) in [7, 11) is 0. The van der Waals surface area contributed by atoms with E-state index < -0.39 is 0 Å². The number of pyridine rings is 1. The first-order chi connectivity index (χ1) is 13.2. The summed E-state index contributed by atoms with van der Waals surface area (Å²) in [5, 5.41) is 4.40. The van der Waals surface area contributed by atoms with Gasteiger partial charge in [-0.15, -0.1) is 4.73 Å². The van der Waals surface area contributed by atoms with E-state index in [9.17, 15) is 4.79 Å². The average molecular weight is 364 g/mol. The Bertz CT molecular complexity index is 979. The zero-order valence-corrected chi connectivity index (χ0v) is 15.5. The maximum Gasteiger partial charge on any atom is 0.287 e. The molecule has 0 amide bonds. The molecule has 6 nitrogen and oxygen atoms in total. The predicted molar refractivity (Wildman–Crippen MR) is 106 cm³/mol. The second kappa shape index (κ2) is 7.78. The van der Waals surface area contributed by atoms with Crippen LogP contribution < -0.4 is 15.7 Å². The first-order valence-corrected chi connectivity index (χ1v) is 9.53. The number of aryl methyl sites for hydroxylation is 1. The predicted octanol–water partition coefficient (Wildman–Crippen LogP) is 3.47.